The molecule has 6 nitrogen and oxygen atoms in total. The van der Waals surface area contributed by atoms with E-state index in [1.165, 1.54) is 11.8 Å². The van der Waals surface area contributed by atoms with E-state index in [-0.39, 0.29) is 17.8 Å². The van der Waals surface area contributed by atoms with Crippen LogP contribution in [0.5, 0.6) is 5.75 Å². The van der Waals surface area contributed by atoms with Gasteiger partial charge in [0, 0.05) is 11.9 Å². The third-order valence-corrected chi connectivity index (χ3v) is 5.82. The van der Waals surface area contributed by atoms with Crippen molar-refractivity contribution < 1.29 is 9.53 Å². The Hall–Kier alpha value is -2.45. The van der Waals surface area contributed by atoms with Crippen LogP contribution in [0, 0.1) is 0 Å². The predicted molar refractivity (Wildman–Crippen MR) is 114 cm³/mol. The number of amides is 1. The maximum absolute atomic E-state index is 12.3. The van der Waals surface area contributed by atoms with Crippen LogP contribution in [0.4, 0.5) is 5.69 Å². The molecule has 8 heteroatoms. The largest absolute Gasteiger partial charge is 0.483 e. The van der Waals surface area contributed by atoms with Crippen molar-refractivity contribution in [1.82, 2.24) is 14.8 Å². The van der Waals surface area contributed by atoms with Gasteiger partial charge in [-0.3, -0.25) is 4.79 Å². The van der Waals surface area contributed by atoms with Crippen LogP contribution in [0.2, 0.25) is 0 Å². The molecule has 0 fully saturated rings. The van der Waals surface area contributed by atoms with Gasteiger partial charge in [-0.25, -0.2) is 0 Å². The summed E-state index contributed by atoms with van der Waals surface area (Å²) in [6, 6.07) is 17.3. The molecule has 0 spiro atoms. The van der Waals surface area contributed by atoms with Crippen LogP contribution < -0.4 is 10.1 Å². The van der Waals surface area contributed by atoms with Gasteiger partial charge in [0.25, 0.3) is 0 Å². The third-order valence-electron chi connectivity index (χ3n) is 4.00. The number of carbonyl (C=O) groups is 1. The molecule has 1 heterocycles. The average Bonchev–Trinajstić information content (AvgIpc) is 3.08. The molecule has 1 amide bonds. The monoisotopic (exact) mass is 414 g/mol. The number of rotatable bonds is 8. The Morgan fingerprint density at radius 1 is 1.14 bits per heavy atom. The van der Waals surface area contributed by atoms with Crippen molar-refractivity contribution in [1.29, 1.82) is 0 Å². The maximum atomic E-state index is 12.3. The zero-order valence-corrected chi connectivity index (χ0v) is 17.6. The van der Waals surface area contributed by atoms with Crippen LogP contribution in [0.1, 0.15) is 18.9 Å². The fourth-order valence-electron chi connectivity index (χ4n) is 2.63. The first-order chi connectivity index (χ1) is 13.6. The van der Waals surface area contributed by atoms with Gasteiger partial charge in [0.15, 0.2) is 17.1 Å². The minimum Gasteiger partial charge on any atom is -0.483 e. The summed E-state index contributed by atoms with van der Waals surface area (Å²) in [5.74, 6) is 1.66. The summed E-state index contributed by atoms with van der Waals surface area (Å²) < 4.78 is 7.77. The molecule has 1 N–H and O–H groups in total. The van der Waals surface area contributed by atoms with Gasteiger partial charge in [-0.15, -0.1) is 22.0 Å². The van der Waals surface area contributed by atoms with Gasteiger partial charge in [0.2, 0.25) is 5.91 Å². The third kappa shape index (κ3) is 5.08. The predicted octanol–water partition coefficient (Wildman–Crippen LogP) is 4.41. The average molecular weight is 415 g/mol. The highest BCUT2D eigenvalue weighted by atomic mass is 32.2. The van der Waals surface area contributed by atoms with Crippen molar-refractivity contribution >= 4 is 35.1 Å². The van der Waals surface area contributed by atoms with Gasteiger partial charge in [0.1, 0.15) is 5.75 Å². The normalized spacial score (nSPS) is 11.8. The van der Waals surface area contributed by atoms with Crippen LogP contribution in [0.15, 0.2) is 64.6 Å². The number of thioether (sulfide) groups is 2. The maximum Gasteiger partial charge on any atom is 0.234 e. The number of anilines is 1. The fraction of sp³-hybridized carbons (Fsp3) is 0.250. The minimum atomic E-state index is -0.253. The van der Waals surface area contributed by atoms with E-state index in [9.17, 15) is 4.79 Å². The van der Waals surface area contributed by atoms with E-state index in [0.29, 0.717) is 11.0 Å². The first-order valence-electron chi connectivity index (χ1n) is 8.75. The minimum absolute atomic E-state index is 0.0790. The van der Waals surface area contributed by atoms with Gasteiger partial charge in [-0.1, -0.05) is 42.1 Å². The fourth-order valence-corrected chi connectivity index (χ4v) is 3.90. The van der Waals surface area contributed by atoms with Gasteiger partial charge in [-0.05, 0) is 37.4 Å². The number of para-hydroxylation sites is 2. The second-order valence-corrected chi connectivity index (χ2v) is 7.80. The first-order valence-corrected chi connectivity index (χ1v) is 11.0. The van der Waals surface area contributed by atoms with Crippen molar-refractivity contribution in [3.8, 4) is 5.75 Å². The summed E-state index contributed by atoms with van der Waals surface area (Å²) in [6.07, 6.45) is 1.73. The van der Waals surface area contributed by atoms with Crippen LogP contribution in [0.25, 0.3) is 0 Å². The zero-order valence-electron chi connectivity index (χ0n) is 16.0. The molecule has 0 radical (unpaired) electrons. The van der Waals surface area contributed by atoms with Crippen LogP contribution in [-0.2, 0) is 11.8 Å². The SMILES string of the molecule is CSc1ccccc1NC(=O)CSc1nnc([C@@H](C)Oc2ccccc2)n1C. The molecular formula is C20H22N4O2S2. The number of nitrogens with zero attached hydrogens (tertiary/aromatic N) is 3. The summed E-state index contributed by atoms with van der Waals surface area (Å²) in [6.45, 7) is 1.93. The van der Waals surface area contributed by atoms with Crippen molar-refractivity contribution in [2.24, 2.45) is 7.05 Å². The molecule has 0 bridgehead atoms. The summed E-state index contributed by atoms with van der Waals surface area (Å²) in [4.78, 5) is 13.4. The Kier molecular flexibility index (Phi) is 7.00. The summed E-state index contributed by atoms with van der Waals surface area (Å²) in [7, 11) is 1.88. The zero-order chi connectivity index (χ0) is 19.9. The lowest BCUT2D eigenvalue weighted by atomic mass is 10.3. The molecule has 0 saturated heterocycles. The smallest absolute Gasteiger partial charge is 0.234 e. The lowest BCUT2D eigenvalue weighted by Crippen LogP contribution is -2.15. The molecule has 146 valence electrons. The standard InChI is InChI=1S/C20H22N4O2S2/c1-14(26-15-9-5-4-6-10-15)19-22-23-20(24(19)2)28-13-18(25)21-16-11-7-8-12-17(16)27-3/h4-12,14H,13H2,1-3H3,(H,21,25)/t14-/m1/s1. The van der Waals surface area contributed by atoms with E-state index in [4.69, 9.17) is 4.74 Å². The topological polar surface area (TPSA) is 69.0 Å². The molecule has 1 aromatic heterocycles. The van der Waals surface area contributed by atoms with Crippen molar-refractivity contribution in [2.45, 2.75) is 23.1 Å². The van der Waals surface area contributed by atoms with Gasteiger partial charge in [0.05, 0.1) is 11.4 Å². The second-order valence-electron chi connectivity index (χ2n) is 6.01. The number of carbonyl (C=O) groups excluding carboxylic acids is 1. The van der Waals surface area contributed by atoms with Crippen LogP contribution in [0.3, 0.4) is 0 Å². The van der Waals surface area contributed by atoms with Gasteiger partial charge < -0.3 is 14.6 Å². The highest BCUT2D eigenvalue weighted by Gasteiger charge is 2.18. The Balaban J connectivity index is 1.59. The van der Waals surface area contributed by atoms with E-state index in [1.807, 2.05) is 79.4 Å². The lowest BCUT2D eigenvalue weighted by Gasteiger charge is -2.14. The van der Waals surface area contributed by atoms with E-state index in [0.717, 1.165) is 16.3 Å². The van der Waals surface area contributed by atoms with E-state index < -0.39 is 0 Å². The Morgan fingerprint density at radius 3 is 2.61 bits per heavy atom. The molecule has 0 saturated carbocycles. The number of nitrogens with one attached hydrogen (secondary N) is 1. The molecule has 0 aliphatic rings. The van der Waals surface area contributed by atoms with Crippen molar-refractivity contribution in [3.63, 3.8) is 0 Å². The highest BCUT2D eigenvalue weighted by Crippen LogP contribution is 2.26. The highest BCUT2D eigenvalue weighted by molar-refractivity contribution is 7.99. The number of aromatic nitrogens is 3. The molecule has 3 rings (SSSR count). The quantitative estimate of drug-likeness (QED) is 0.551. The molecule has 0 aliphatic carbocycles. The lowest BCUT2D eigenvalue weighted by molar-refractivity contribution is -0.113. The Morgan fingerprint density at radius 2 is 1.86 bits per heavy atom. The molecule has 3 aromatic rings. The van der Waals surface area contributed by atoms with E-state index in [1.54, 1.807) is 11.8 Å². The Bertz CT molecular complexity index is 931. The second kappa shape index (κ2) is 9.66. The van der Waals surface area contributed by atoms with Crippen LogP contribution >= 0.6 is 23.5 Å². The van der Waals surface area contributed by atoms with Gasteiger partial charge in [-0.2, -0.15) is 0 Å². The molecular weight excluding hydrogens is 392 g/mol. The summed E-state index contributed by atoms with van der Waals surface area (Å²) in [5, 5.41) is 12.1. The van der Waals surface area contributed by atoms with E-state index >= 15 is 0 Å². The first kappa shape index (κ1) is 20.3. The van der Waals surface area contributed by atoms with Crippen molar-refractivity contribution in [3.05, 3.63) is 60.4 Å². The number of benzene rings is 2. The van der Waals surface area contributed by atoms with Crippen LogP contribution in [-0.4, -0.2) is 32.7 Å². The molecule has 0 unspecified atom stereocenters. The summed E-state index contributed by atoms with van der Waals surface area (Å²) in [5.41, 5.74) is 0.823. The van der Waals surface area contributed by atoms with Crippen molar-refractivity contribution in [2.75, 3.05) is 17.3 Å². The van der Waals surface area contributed by atoms with E-state index in [2.05, 4.69) is 15.5 Å². The molecule has 2 aromatic carbocycles. The number of hydrogen-bond acceptors (Lipinski definition) is 6. The number of hydrogen-bond donors (Lipinski definition) is 1. The molecule has 1 atom stereocenters. The Labute approximate surface area is 173 Å². The molecule has 0 aliphatic heterocycles. The summed E-state index contributed by atoms with van der Waals surface area (Å²) >= 11 is 2.95. The number of ether oxygens (including phenoxy) is 1. The van der Waals surface area contributed by atoms with Gasteiger partial charge >= 0.3 is 0 Å². The molecule has 28 heavy (non-hydrogen) atoms.